The molecule has 1 saturated heterocycles. The molecule has 8 nitrogen and oxygen atoms in total. The number of sulfonamides is 1. The van der Waals surface area contributed by atoms with Crippen molar-refractivity contribution >= 4 is 27.6 Å². The number of hydrogen-bond acceptors (Lipinski definition) is 6. The highest BCUT2D eigenvalue weighted by Gasteiger charge is 2.25. The summed E-state index contributed by atoms with van der Waals surface area (Å²) in [5.74, 6) is -0.992. The minimum Gasteiger partial charge on any atom is -0.462 e. The van der Waals surface area contributed by atoms with Crippen molar-refractivity contribution in [3.05, 3.63) is 53.3 Å². The second-order valence-electron chi connectivity index (χ2n) is 7.35. The summed E-state index contributed by atoms with van der Waals surface area (Å²) in [4.78, 5) is 28.9. The Morgan fingerprint density at radius 3 is 2.45 bits per heavy atom. The highest BCUT2D eigenvalue weighted by atomic mass is 32.2. The minimum atomic E-state index is -3.62. The van der Waals surface area contributed by atoms with Crippen LogP contribution in [0.3, 0.4) is 0 Å². The van der Waals surface area contributed by atoms with E-state index in [9.17, 15) is 18.0 Å². The quantitative estimate of drug-likeness (QED) is 0.684. The van der Waals surface area contributed by atoms with Crippen molar-refractivity contribution in [2.24, 2.45) is 0 Å². The van der Waals surface area contributed by atoms with Gasteiger partial charge in [0.25, 0.3) is 5.91 Å². The second kappa shape index (κ2) is 10.0. The lowest BCUT2D eigenvalue weighted by Gasteiger charge is -2.20. The Labute approximate surface area is 182 Å². The molecule has 1 fully saturated rings. The second-order valence-corrected chi connectivity index (χ2v) is 9.29. The van der Waals surface area contributed by atoms with Gasteiger partial charge in [0.1, 0.15) is 5.69 Å². The van der Waals surface area contributed by atoms with Crippen LogP contribution in [-0.2, 0) is 14.8 Å². The van der Waals surface area contributed by atoms with E-state index in [0.717, 1.165) is 25.7 Å². The summed E-state index contributed by atoms with van der Waals surface area (Å²) >= 11 is 0. The summed E-state index contributed by atoms with van der Waals surface area (Å²) in [5.41, 5.74) is 1.15. The van der Waals surface area contributed by atoms with Crippen LogP contribution in [0.15, 0.2) is 41.3 Å². The van der Waals surface area contributed by atoms with Crippen LogP contribution in [0.1, 0.15) is 59.1 Å². The average molecular weight is 446 g/mol. The molecule has 2 heterocycles. The maximum atomic E-state index is 13.0. The highest BCUT2D eigenvalue weighted by Crippen LogP contribution is 2.23. The molecule has 0 aliphatic carbocycles. The summed E-state index contributed by atoms with van der Waals surface area (Å²) in [6.45, 7) is 4.60. The highest BCUT2D eigenvalue weighted by molar-refractivity contribution is 7.89. The van der Waals surface area contributed by atoms with Crippen molar-refractivity contribution in [3.63, 3.8) is 0 Å². The summed E-state index contributed by atoms with van der Waals surface area (Å²) in [7, 11) is -3.62. The molecule has 1 N–H and O–H groups in total. The van der Waals surface area contributed by atoms with Gasteiger partial charge in [-0.3, -0.25) is 4.79 Å². The number of pyridine rings is 1. The van der Waals surface area contributed by atoms with Gasteiger partial charge in [-0.15, -0.1) is 0 Å². The van der Waals surface area contributed by atoms with Crippen molar-refractivity contribution in [2.45, 2.75) is 44.4 Å². The Kier molecular flexibility index (Phi) is 7.40. The molecular weight excluding hydrogens is 418 g/mol. The van der Waals surface area contributed by atoms with Gasteiger partial charge in [-0.25, -0.2) is 18.2 Å². The molecule has 166 valence electrons. The molecule has 1 aliphatic rings. The van der Waals surface area contributed by atoms with Crippen LogP contribution < -0.4 is 5.32 Å². The molecule has 2 aromatic rings. The molecule has 1 aromatic heterocycles. The first-order chi connectivity index (χ1) is 14.8. The number of nitrogens with zero attached hydrogens (tertiary/aromatic N) is 2. The molecule has 1 amide bonds. The first-order valence-electron chi connectivity index (χ1n) is 10.4. The van der Waals surface area contributed by atoms with E-state index in [1.807, 2.05) is 0 Å². The van der Waals surface area contributed by atoms with Crippen LogP contribution in [0.2, 0.25) is 0 Å². The molecule has 9 heteroatoms. The van der Waals surface area contributed by atoms with Gasteiger partial charge < -0.3 is 10.1 Å². The number of carbonyl (C=O) groups is 2. The van der Waals surface area contributed by atoms with Crippen LogP contribution in [0.4, 0.5) is 5.69 Å². The van der Waals surface area contributed by atoms with Gasteiger partial charge in [-0.1, -0.05) is 18.9 Å². The number of aryl methyl sites for hydroxylation is 1. The van der Waals surface area contributed by atoms with Gasteiger partial charge in [0, 0.05) is 18.8 Å². The molecule has 0 atom stereocenters. The number of benzene rings is 1. The molecule has 0 saturated carbocycles. The van der Waals surface area contributed by atoms with Crippen LogP contribution in [-0.4, -0.2) is 49.3 Å². The van der Waals surface area contributed by atoms with E-state index < -0.39 is 21.9 Å². The van der Waals surface area contributed by atoms with E-state index in [2.05, 4.69) is 10.3 Å². The first-order valence-corrected chi connectivity index (χ1v) is 11.8. The number of aromatic nitrogens is 1. The van der Waals surface area contributed by atoms with Crippen molar-refractivity contribution in [1.82, 2.24) is 9.29 Å². The van der Waals surface area contributed by atoms with Gasteiger partial charge in [0.15, 0.2) is 0 Å². The SMILES string of the molecule is CCOC(=O)c1ccc(C(=O)Nc2cccc(S(=O)(=O)N3CCCCCC3)c2)nc1C. The Morgan fingerprint density at radius 1 is 1.10 bits per heavy atom. The number of carbonyl (C=O) groups excluding carboxylic acids is 2. The number of rotatable bonds is 6. The lowest BCUT2D eigenvalue weighted by Crippen LogP contribution is -2.32. The van der Waals surface area contributed by atoms with Crippen LogP contribution >= 0.6 is 0 Å². The van der Waals surface area contributed by atoms with Gasteiger partial charge in [-0.2, -0.15) is 4.31 Å². The van der Waals surface area contributed by atoms with Crippen molar-refractivity contribution in [3.8, 4) is 0 Å². The Hall–Kier alpha value is -2.78. The van der Waals surface area contributed by atoms with Crippen molar-refractivity contribution in [1.29, 1.82) is 0 Å². The zero-order valence-electron chi connectivity index (χ0n) is 17.8. The van der Waals surface area contributed by atoms with Gasteiger partial charge in [0.05, 0.1) is 22.8 Å². The monoisotopic (exact) mass is 445 g/mol. The third-order valence-electron chi connectivity index (χ3n) is 5.11. The molecule has 3 rings (SSSR count). The normalized spacial score (nSPS) is 15.2. The Morgan fingerprint density at radius 2 is 1.81 bits per heavy atom. The molecule has 1 aromatic carbocycles. The van der Waals surface area contributed by atoms with E-state index in [-0.39, 0.29) is 17.2 Å². The topological polar surface area (TPSA) is 106 Å². The van der Waals surface area contributed by atoms with Crippen LogP contribution in [0.25, 0.3) is 0 Å². The standard InChI is InChI=1S/C22H27N3O5S/c1-3-30-22(27)19-11-12-20(23-16(19)2)21(26)24-17-9-8-10-18(15-17)31(28,29)25-13-6-4-5-7-14-25/h8-12,15H,3-7,13-14H2,1-2H3,(H,24,26). The van der Waals surface area contributed by atoms with Gasteiger partial charge in [0.2, 0.25) is 10.0 Å². The lowest BCUT2D eigenvalue weighted by molar-refractivity contribution is 0.0524. The third-order valence-corrected chi connectivity index (χ3v) is 7.00. The summed E-state index contributed by atoms with van der Waals surface area (Å²) in [6, 6.07) is 9.15. The number of anilines is 1. The van der Waals surface area contributed by atoms with E-state index in [0.29, 0.717) is 30.0 Å². The van der Waals surface area contributed by atoms with Crippen LogP contribution in [0.5, 0.6) is 0 Å². The number of ether oxygens (including phenoxy) is 1. The molecule has 0 spiro atoms. The number of nitrogens with one attached hydrogen (secondary N) is 1. The number of amides is 1. The van der Waals surface area contributed by atoms with E-state index >= 15 is 0 Å². The molecule has 0 bridgehead atoms. The molecule has 0 unspecified atom stereocenters. The average Bonchev–Trinajstić information content (AvgIpc) is 3.04. The predicted octanol–water partition coefficient (Wildman–Crippen LogP) is 3.38. The molecule has 1 aliphatic heterocycles. The fraction of sp³-hybridized carbons (Fsp3) is 0.409. The van der Waals surface area contributed by atoms with Gasteiger partial charge >= 0.3 is 5.97 Å². The Bertz CT molecular complexity index is 1060. The summed E-state index contributed by atoms with van der Waals surface area (Å²) in [5, 5.41) is 2.69. The maximum Gasteiger partial charge on any atom is 0.339 e. The zero-order valence-corrected chi connectivity index (χ0v) is 18.6. The molecular formula is C22H27N3O5S. The summed E-state index contributed by atoms with van der Waals surface area (Å²) in [6.07, 6.45) is 3.76. The van der Waals surface area contributed by atoms with Gasteiger partial charge in [-0.05, 0) is 57.0 Å². The zero-order chi connectivity index (χ0) is 22.4. The van der Waals surface area contributed by atoms with E-state index in [4.69, 9.17) is 4.74 Å². The maximum absolute atomic E-state index is 13.0. The Balaban J connectivity index is 1.77. The number of hydrogen-bond donors (Lipinski definition) is 1. The fourth-order valence-electron chi connectivity index (χ4n) is 3.47. The number of esters is 1. The van der Waals surface area contributed by atoms with Crippen molar-refractivity contribution in [2.75, 3.05) is 25.0 Å². The van der Waals surface area contributed by atoms with E-state index in [1.165, 1.54) is 28.6 Å². The molecule has 0 radical (unpaired) electrons. The largest absolute Gasteiger partial charge is 0.462 e. The fourth-order valence-corrected chi connectivity index (χ4v) is 5.04. The third kappa shape index (κ3) is 5.48. The first kappa shape index (κ1) is 22.9. The van der Waals surface area contributed by atoms with E-state index in [1.54, 1.807) is 26.0 Å². The lowest BCUT2D eigenvalue weighted by atomic mass is 10.2. The summed E-state index contributed by atoms with van der Waals surface area (Å²) < 4.78 is 32.5. The molecule has 31 heavy (non-hydrogen) atoms. The minimum absolute atomic E-state index is 0.117. The predicted molar refractivity (Wildman–Crippen MR) is 117 cm³/mol. The van der Waals surface area contributed by atoms with Crippen LogP contribution in [0, 0.1) is 6.92 Å². The smallest absolute Gasteiger partial charge is 0.339 e. The van der Waals surface area contributed by atoms with Crippen molar-refractivity contribution < 1.29 is 22.7 Å².